The molecule has 2 aromatic carbocycles. The highest BCUT2D eigenvalue weighted by molar-refractivity contribution is 6.03. The zero-order valence-electron chi connectivity index (χ0n) is 18.8. The molecule has 174 valence electrons. The number of carbonyl (C=O) groups excluding carboxylic acids is 2. The predicted molar refractivity (Wildman–Crippen MR) is 124 cm³/mol. The number of rotatable bonds is 6. The van der Waals surface area contributed by atoms with Crippen LogP contribution < -0.4 is 15.5 Å². The highest BCUT2D eigenvalue weighted by Gasteiger charge is 2.45. The Morgan fingerprint density at radius 3 is 2.15 bits per heavy atom. The summed E-state index contributed by atoms with van der Waals surface area (Å²) in [5.74, 6) is -0.333. The SMILES string of the molecule is CC(C)(C)OC(=O)NC1(C(=O)NCc2ccc(N(C=N)C(=O)O)cc2)Cc2ccccc2C1. The molecule has 0 unspecified atom stereocenters. The molecule has 0 atom stereocenters. The molecular weight excluding hydrogens is 424 g/mol. The lowest BCUT2D eigenvalue weighted by atomic mass is 9.94. The van der Waals surface area contributed by atoms with Crippen LogP contribution in [0.2, 0.25) is 0 Å². The average molecular weight is 453 g/mol. The molecule has 0 saturated carbocycles. The number of anilines is 1. The molecule has 0 radical (unpaired) electrons. The molecule has 0 aliphatic heterocycles. The average Bonchev–Trinajstić information content (AvgIpc) is 3.10. The smallest absolute Gasteiger partial charge is 0.417 e. The van der Waals surface area contributed by atoms with Gasteiger partial charge >= 0.3 is 12.2 Å². The van der Waals surface area contributed by atoms with E-state index in [1.54, 1.807) is 45.0 Å². The third kappa shape index (κ3) is 5.68. The molecule has 0 fully saturated rings. The number of hydrogen-bond donors (Lipinski definition) is 4. The monoisotopic (exact) mass is 452 g/mol. The lowest BCUT2D eigenvalue weighted by molar-refractivity contribution is -0.127. The zero-order chi connectivity index (χ0) is 24.2. The summed E-state index contributed by atoms with van der Waals surface area (Å²) in [5, 5.41) is 22.0. The number of ether oxygens (including phenoxy) is 1. The maximum absolute atomic E-state index is 13.3. The third-order valence-electron chi connectivity index (χ3n) is 5.28. The summed E-state index contributed by atoms with van der Waals surface area (Å²) in [6, 6.07) is 14.1. The van der Waals surface area contributed by atoms with Crippen LogP contribution in [0.4, 0.5) is 15.3 Å². The van der Waals surface area contributed by atoms with Crippen molar-refractivity contribution >= 4 is 30.1 Å². The quantitative estimate of drug-likeness (QED) is 0.394. The fraction of sp³-hybridized carbons (Fsp3) is 0.333. The number of carboxylic acid groups (broad SMARTS) is 1. The number of alkyl carbamates (subject to hydrolysis) is 1. The van der Waals surface area contributed by atoms with Crippen molar-refractivity contribution in [1.29, 1.82) is 5.41 Å². The number of fused-ring (bicyclic) bond motifs is 1. The summed E-state index contributed by atoms with van der Waals surface area (Å²) < 4.78 is 5.40. The summed E-state index contributed by atoms with van der Waals surface area (Å²) in [6.07, 6.45) is -0.513. The van der Waals surface area contributed by atoms with Crippen LogP contribution in [0.15, 0.2) is 48.5 Å². The van der Waals surface area contributed by atoms with Gasteiger partial charge in [-0.2, -0.15) is 0 Å². The summed E-state index contributed by atoms with van der Waals surface area (Å²) in [6.45, 7) is 5.47. The van der Waals surface area contributed by atoms with Gasteiger partial charge in [0.1, 0.15) is 11.1 Å². The van der Waals surface area contributed by atoms with Crippen molar-refractivity contribution in [3.63, 3.8) is 0 Å². The molecule has 9 nitrogen and oxygen atoms in total. The Morgan fingerprint density at radius 1 is 1.09 bits per heavy atom. The molecule has 3 rings (SSSR count). The van der Waals surface area contributed by atoms with Gasteiger partial charge in [-0.1, -0.05) is 36.4 Å². The number of hydrogen-bond acceptors (Lipinski definition) is 5. The Balaban J connectivity index is 1.74. The van der Waals surface area contributed by atoms with Gasteiger partial charge in [-0.25, -0.2) is 14.5 Å². The number of benzene rings is 2. The van der Waals surface area contributed by atoms with Crippen LogP contribution in [-0.2, 0) is 28.9 Å². The number of nitrogens with zero attached hydrogens (tertiary/aromatic N) is 1. The van der Waals surface area contributed by atoms with Crippen LogP contribution in [0.1, 0.15) is 37.5 Å². The van der Waals surface area contributed by atoms with Crippen LogP contribution in [0.25, 0.3) is 0 Å². The number of nitrogens with one attached hydrogen (secondary N) is 3. The summed E-state index contributed by atoms with van der Waals surface area (Å²) in [5.41, 5.74) is 1.18. The summed E-state index contributed by atoms with van der Waals surface area (Å²) in [4.78, 5) is 37.8. The number of amides is 3. The maximum atomic E-state index is 13.3. The molecule has 9 heteroatoms. The van der Waals surface area contributed by atoms with Gasteiger partial charge in [-0.15, -0.1) is 0 Å². The second kappa shape index (κ2) is 9.32. The van der Waals surface area contributed by atoms with E-state index >= 15 is 0 Å². The lowest BCUT2D eigenvalue weighted by Gasteiger charge is -2.30. The van der Waals surface area contributed by atoms with E-state index in [1.165, 1.54) is 0 Å². The van der Waals surface area contributed by atoms with Crippen LogP contribution >= 0.6 is 0 Å². The minimum atomic E-state index is -1.26. The molecular formula is C24H28N4O5. The molecule has 0 heterocycles. The Hall–Kier alpha value is -3.88. The molecule has 3 amide bonds. The van der Waals surface area contributed by atoms with Crippen LogP contribution in [0.5, 0.6) is 0 Å². The molecule has 0 spiro atoms. The predicted octanol–water partition coefficient (Wildman–Crippen LogP) is 3.46. The van der Waals surface area contributed by atoms with E-state index in [0.717, 1.165) is 21.6 Å². The Kier molecular flexibility index (Phi) is 6.71. The van der Waals surface area contributed by atoms with Gasteiger partial charge in [0, 0.05) is 19.4 Å². The molecule has 1 aliphatic carbocycles. The number of carbonyl (C=O) groups is 3. The Morgan fingerprint density at radius 2 is 1.67 bits per heavy atom. The summed E-state index contributed by atoms with van der Waals surface area (Å²) in [7, 11) is 0. The van der Waals surface area contributed by atoms with Crippen molar-refractivity contribution in [1.82, 2.24) is 10.6 Å². The highest BCUT2D eigenvalue weighted by atomic mass is 16.6. The van der Waals surface area contributed by atoms with Gasteiger partial charge in [0.2, 0.25) is 5.91 Å². The van der Waals surface area contributed by atoms with Crippen molar-refractivity contribution in [2.45, 2.75) is 51.3 Å². The fourth-order valence-corrected chi connectivity index (χ4v) is 3.79. The van der Waals surface area contributed by atoms with Crippen molar-refractivity contribution in [2.75, 3.05) is 4.90 Å². The van der Waals surface area contributed by atoms with E-state index in [2.05, 4.69) is 10.6 Å². The van der Waals surface area contributed by atoms with Gasteiger partial charge in [-0.3, -0.25) is 10.2 Å². The first-order valence-corrected chi connectivity index (χ1v) is 10.5. The van der Waals surface area contributed by atoms with Crippen molar-refractivity contribution in [3.8, 4) is 0 Å². The molecule has 33 heavy (non-hydrogen) atoms. The van der Waals surface area contributed by atoms with E-state index in [4.69, 9.17) is 15.3 Å². The van der Waals surface area contributed by atoms with E-state index in [9.17, 15) is 14.4 Å². The largest absolute Gasteiger partial charge is 0.464 e. The second-order valence-corrected chi connectivity index (χ2v) is 8.96. The van der Waals surface area contributed by atoms with Gasteiger partial charge in [-0.05, 0) is 49.6 Å². The Labute approximate surface area is 192 Å². The van der Waals surface area contributed by atoms with Crippen molar-refractivity contribution in [2.24, 2.45) is 0 Å². The van der Waals surface area contributed by atoms with Crippen molar-refractivity contribution < 1.29 is 24.2 Å². The van der Waals surface area contributed by atoms with Gasteiger partial charge < -0.3 is 20.5 Å². The van der Waals surface area contributed by atoms with Gasteiger partial charge in [0.05, 0.1) is 12.0 Å². The topological polar surface area (TPSA) is 132 Å². The normalized spacial score (nSPS) is 14.0. The van der Waals surface area contributed by atoms with E-state index in [1.807, 2.05) is 24.3 Å². The standard InChI is InChI=1S/C24H28N4O5/c1-23(2,3)33-21(30)27-24(12-17-6-4-5-7-18(17)13-24)20(29)26-14-16-8-10-19(11-9-16)28(15-25)22(31)32/h4-11,15,25H,12-14H2,1-3H3,(H,26,29)(H,27,30)(H,31,32). The van der Waals surface area contributed by atoms with Crippen LogP contribution in [0.3, 0.4) is 0 Å². The maximum Gasteiger partial charge on any atom is 0.417 e. The molecule has 2 aromatic rings. The van der Waals surface area contributed by atoms with E-state index in [0.29, 0.717) is 24.9 Å². The first kappa shape index (κ1) is 23.8. The van der Waals surface area contributed by atoms with E-state index in [-0.39, 0.29) is 12.5 Å². The molecule has 1 aliphatic rings. The second-order valence-electron chi connectivity index (χ2n) is 8.96. The third-order valence-corrected chi connectivity index (χ3v) is 5.28. The minimum absolute atomic E-state index is 0.185. The first-order chi connectivity index (χ1) is 15.5. The van der Waals surface area contributed by atoms with Gasteiger partial charge in [0.25, 0.3) is 0 Å². The lowest BCUT2D eigenvalue weighted by Crippen LogP contribution is -2.60. The summed E-state index contributed by atoms with van der Waals surface area (Å²) >= 11 is 0. The van der Waals surface area contributed by atoms with Gasteiger partial charge in [0.15, 0.2) is 0 Å². The molecule has 0 saturated heterocycles. The molecule has 4 N–H and O–H groups in total. The minimum Gasteiger partial charge on any atom is -0.464 e. The molecule has 0 bridgehead atoms. The van der Waals surface area contributed by atoms with Crippen LogP contribution in [-0.4, -0.2) is 40.7 Å². The Bertz CT molecular complexity index is 1030. The van der Waals surface area contributed by atoms with Crippen molar-refractivity contribution in [3.05, 3.63) is 65.2 Å². The zero-order valence-corrected chi connectivity index (χ0v) is 18.8. The fourth-order valence-electron chi connectivity index (χ4n) is 3.79. The van der Waals surface area contributed by atoms with E-state index < -0.39 is 23.3 Å². The highest BCUT2D eigenvalue weighted by Crippen LogP contribution is 2.31. The van der Waals surface area contributed by atoms with Crippen LogP contribution in [0, 0.1) is 5.41 Å². The first-order valence-electron chi connectivity index (χ1n) is 10.5. The molecule has 0 aromatic heterocycles.